The molecule has 0 aromatic carbocycles. The fraction of sp³-hybridized carbons (Fsp3) is 1.00. The van der Waals surface area contributed by atoms with E-state index in [2.05, 4.69) is 0 Å². The Hall–Kier alpha value is 0.297. The molecule has 0 saturated heterocycles. The van der Waals surface area contributed by atoms with E-state index in [9.17, 15) is 26.1 Å². The number of alkyl halides is 3. The van der Waals surface area contributed by atoms with E-state index in [1.807, 2.05) is 0 Å². The summed E-state index contributed by atoms with van der Waals surface area (Å²) >= 11 is 0. The van der Waals surface area contributed by atoms with Crippen molar-refractivity contribution in [2.75, 3.05) is 0 Å². The summed E-state index contributed by atoms with van der Waals surface area (Å²) in [5, 5.41) is 0. The van der Waals surface area contributed by atoms with Gasteiger partial charge in [0.2, 0.25) is 5.50 Å². The van der Waals surface area contributed by atoms with E-state index in [1.54, 1.807) is 0 Å². The SMILES string of the molecule is O=S(=O)([O-])C(F)C(F)F.[Li+]. The minimum atomic E-state index is -5.47. The van der Waals surface area contributed by atoms with Crippen LogP contribution in [0.15, 0.2) is 0 Å². The normalized spacial score (nSPS) is 14.5. The molecule has 1 unspecified atom stereocenters. The Kier molecular flexibility index (Phi) is 5.47. The van der Waals surface area contributed by atoms with Crippen molar-refractivity contribution in [1.29, 1.82) is 0 Å². The van der Waals surface area contributed by atoms with Gasteiger partial charge in [-0.05, 0) is 0 Å². The molecule has 0 aliphatic rings. The number of halogens is 3. The van der Waals surface area contributed by atoms with E-state index in [1.165, 1.54) is 0 Å². The molecule has 1 atom stereocenters. The van der Waals surface area contributed by atoms with Crippen LogP contribution in [0, 0.1) is 0 Å². The smallest absolute Gasteiger partial charge is 0.746 e. The number of rotatable bonds is 2. The maximum absolute atomic E-state index is 11.4. The molecule has 0 rings (SSSR count). The predicted octanol–water partition coefficient (Wildman–Crippen LogP) is -2.90. The van der Waals surface area contributed by atoms with E-state index < -0.39 is 22.0 Å². The van der Waals surface area contributed by atoms with Gasteiger partial charge in [0.15, 0.2) is 0 Å². The molecule has 0 fully saturated rings. The summed E-state index contributed by atoms with van der Waals surface area (Å²) in [5.74, 6) is 0. The van der Waals surface area contributed by atoms with Crippen molar-refractivity contribution >= 4 is 10.1 Å². The van der Waals surface area contributed by atoms with Crippen molar-refractivity contribution < 1.29 is 45.0 Å². The van der Waals surface area contributed by atoms with Crippen LogP contribution in [-0.4, -0.2) is 24.9 Å². The molecule has 3 nitrogen and oxygen atoms in total. The third kappa shape index (κ3) is 4.17. The Labute approximate surface area is 67.5 Å². The summed E-state index contributed by atoms with van der Waals surface area (Å²) < 4.78 is 61.4. The Bertz CT molecular complexity index is 178. The van der Waals surface area contributed by atoms with Gasteiger partial charge in [0, 0.05) is 0 Å². The maximum Gasteiger partial charge on any atom is 1.00 e. The second kappa shape index (κ2) is 4.23. The van der Waals surface area contributed by atoms with E-state index in [0.717, 1.165) is 0 Å². The summed E-state index contributed by atoms with van der Waals surface area (Å²) in [6.07, 6.45) is -3.76. The Balaban J connectivity index is 0. The molecular weight excluding hydrogens is 168 g/mol. The zero-order chi connectivity index (χ0) is 7.65. The van der Waals surface area contributed by atoms with Crippen LogP contribution in [0.2, 0.25) is 0 Å². The minimum Gasteiger partial charge on any atom is -0.746 e. The molecule has 0 aliphatic heterocycles. The molecule has 0 spiro atoms. The maximum atomic E-state index is 11.4. The van der Waals surface area contributed by atoms with Gasteiger partial charge >= 0.3 is 18.9 Å². The van der Waals surface area contributed by atoms with E-state index in [-0.39, 0.29) is 18.9 Å². The first-order chi connectivity index (χ1) is 3.85. The predicted molar refractivity (Wildman–Crippen MR) is 20.6 cm³/mol. The van der Waals surface area contributed by atoms with Crippen LogP contribution in [0.5, 0.6) is 0 Å². The number of hydrogen-bond donors (Lipinski definition) is 0. The Morgan fingerprint density at radius 3 is 1.50 bits per heavy atom. The monoisotopic (exact) mass is 170 g/mol. The average molecular weight is 170 g/mol. The fourth-order valence-corrected chi connectivity index (χ4v) is 0.378. The van der Waals surface area contributed by atoms with Crippen LogP contribution < -0.4 is 18.9 Å². The van der Waals surface area contributed by atoms with Gasteiger partial charge in [-0.2, -0.15) is 0 Å². The van der Waals surface area contributed by atoms with Crippen molar-refractivity contribution in [3.63, 3.8) is 0 Å². The van der Waals surface area contributed by atoms with Crippen LogP contribution >= 0.6 is 0 Å². The van der Waals surface area contributed by atoms with Gasteiger partial charge < -0.3 is 4.55 Å². The first-order valence-electron chi connectivity index (χ1n) is 1.72. The summed E-state index contributed by atoms with van der Waals surface area (Å²) in [5.41, 5.74) is -3.60. The van der Waals surface area contributed by atoms with Crippen molar-refractivity contribution in [2.24, 2.45) is 0 Å². The molecule has 0 saturated carbocycles. The summed E-state index contributed by atoms with van der Waals surface area (Å²) in [4.78, 5) is 0. The molecule has 10 heavy (non-hydrogen) atoms. The molecular formula is C2H2F3LiO3S. The first-order valence-corrected chi connectivity index (χ1v) is 3.20. The molecule has 0 N–H and O–H groups in total. The molecule has 56 valence electrons. The van der Waals surface area contributed by atoms with Crippen LogP contribution in [0.1, 0.15) is 0 Å². The summed E-state index contributed by atoms with van der Waals surface area (Å²) in [6.45, 7) is 0. The molecule has 0 heterocycles. The molecule has 0 amide bonds. The Morgan fingerprint density at radius 2 is 1.50 bits per heavy atom. The molecule has 0 aromatic rings. The third-order valence-electron chi connectivity index (χ3n) is 0.474. The standard InChI is InChI=1S/C2H3F3O3S.Li/c3-1(4)2(5)9(6,7)8;/h1-2H,(H,6,7,8);/q;+1/p-1. The molecule has 0 aromatic heterocycles. The van der Waals surface area contributed by atoms with Gasteiger partial charge in [-0.3, -0.25) is 0 Å². The quantitative estimate of drug-likeness (QED) is 0.330. The minimum absolute atomic E-state index is 0. The van der Waals surface area contributed by atoms with Crippen molar-refractivity contribution in [3.8, 4) is 0 Å². The fourth-order valence-electron chi connectivity index (χ4n) is 0.126. The van der Waals surface area contributed by atoms with Crippen molar-refractivity contribution in [3.05, 3.63) is 0 Å². The largest absolute Gasteiger partial charge is 1.00 e. The van der Waals surface area contributed by atoms with E-state index in [4.69, 9.17) is 0 Å². The van der Waals surface area contributed by atoms with Crippen LogP contribution in [0.4, 0.5) is 13.2 Å². The van der Waals surface area contributed by atoms with Crippen LogP contribution in [0.3, 0.4) is 0 Å². The zero-order valence-corrected chi connectivity index (χ0v) is 5.74. The molecule has 0 aliphatic carbocycles. The zero-order valence-electron chi connectivity index (χ0n) is 4.92. The van der Waals surface area contributed by atoms with Crippen LogP contribution in [0.25, 0.3) is 0 Å². The first kappa shape index (κ1) is 12.9. The molecule has 0 radical (unpaired) electrons. The molecule has 0 bridgehead atoms. The topological polar surface area (TPSA) is 57.2 Å². The second-order valence-electron chi connectivity index (χ2n) is 1.18. The van der Waals surface area contributed by atoms with Crippen LogP contribution in [-0.2, 0) is 10.1 Å². The van der Waals surface area contributed by atoms with Gasteiger partial charge in [0.25, 0.3) is 6.43 Å². The number of hydrogen-bond acceptors (Lipinski definition) is 3. The van der Waals surface area contributed by atoms with Crippen molar-refractivity contribution in [1.82, 2.24) is 0 Å². The average Bonchev–Trinajstić information content (AvgIpc) is 1.62. The van der Waals surface area contributed by atoms with Gasteiger partial charge in [0.1, 0.15) is 10.1 Å². The summed E-state index contributed by atoms with van der Waals surface area (Å²) in [6, 6.07) is 0. The van der Waals surface area contributed by atoms with Gasteiger partial charge in [-0.15, -0.1) is 0 Å². The van der Waals surface area contributed by atoms with Crippen molar-refractivity contribution in [2.45, 2.75) is 11.9 Å². The Morgan fingerprint density at radius 1 is 1.20 bits per heavy atom. The van der Waals surface area contributed by atoms with Gasteiger partial charge in [0.05, 0.1) is 0 Å². The van der Waals surface area contributed by atoms with Gasteiger partial charge in [-0.25, -0.2) is 21.6 Å². The van der Waals surface area contributed by atoms with Gasteiger partial charge in [-0.1, -0.05) is 0 Å². The van der Waals surface area contributed by atoms with E-state index in [0.29, 0.717) is 0 Å². The second-order valence-corrected chi connectivity index (χ2v) is 2.61. The third-order valence-corrected chi connectivity index (χ3v) is 1.23. The molecule has 8 heteroatoms. The summed E-state index contributed by atoms with van der Waals surface area (Å²) in [7, 11) is -5.47. The van der Waals surface area contributed by atoms with E-state index >= 15 is 0 Å².